The van der Waals surface area contributed by atoms with Gasteiger partial charge in [-0.1, -0.05) is 24.3 Å². The fourth-order valence-electron chi connectivity index (χ4n) is 4.03. The topological polar surface area (TPSA) is 59.0 Å². The number of anilines is 1. The highest BCUT2D eigenvalue weighted by atomic mass is 16.5. The SMILES string of the molecule is COc1cc(/C=C/c2ccc(N3CC4(CCOC4)CC3=O)cc2)cc(C)c1O. The highest BCUT2D eigenvalue weighted by Gasteiger charge is 2.46. The van der Waals surface area contributed by atoms with Gasteiger partial charge in [0.1, 0.15) is 0 Å². The van der Waals surface area contributed by atoms with E-state index in [1.54, 1.807) is 13.2 Å². The molecule has 0 aliphatic carbocycles. The Labute approximate surface area is 165 Å². The quantitative estimate of drug-likeness (QED) is 0.815. The average Bonchev–Trinajstić information content (AvgIpc) is 3.29. The summed E-state index contributed by atoms with van der Waals surface area (Å²) in [6.07, 6.45) is 5.53. The average molecular weight is 379 g/mol. The molecule has 2 heterocycles. The Morgan fingerprint density at radius 1 is 1.18 bits per heavy atom. The smallest absolute Gasteiger partial charge is 0.227 e. The number of aryl methyl sites for hydroxylation is 1. The van der Waals surface area contributed by atoms with E-state index in [1.807, 2.05) is 54.3 Å². The van der Waals surface area contributed by atoms with Gasteiger partial charge in [0.15, 0.2) is 11.5 Å². The molecule has 2 fully saturated rings. The monoisotopic (exact) mass is 379 g/mol. The zero-order valence-electron chi connectivity index (χ0n) is 16.3. The summed E-state index contributed by atoms with van der Waals surface area (Å²) in [5.41, 5.74) is 3.71. The summed E-state index contributed by atoms with van der Waals surface area (Å²) in [4.78, 5) is 14.4. The van der Waals surface area contributed by atoms with E-state index in [1.165, 1.54) is 0 Å². The minimum absolute atomic E-state index is 0.00540. The second-order valence-electron chi connectivity index (χ2n) is 7.77. The predicted octanol–water partition coefficient (Wildman–Crippen LogP) is 4.02. The van der Waals surface area contributed by atoms with Gasteiger partial charge >= 0.3 is 0 Å². The van der Waals surface area contributed by atoms with E-state index in [2.05, 4.69) is 0 Å². The van der Waals surface area contributed by atoms with Crippen molar-refractivity contribution in [3.63, 3.8) is 0 Å². The Bertz CT molecular complexity index is 911. The number of ether oxygens (including phenoxy) is 2. The van der Waals surface area contributed by atoms with Gasteiger partial charge in [0.2, 0.25) is 5.91 Å². The number of benzene rings is 2. The molecule has 0 radical (unpaired) electrons. The van der Waals surface area contributed by atoms with Crippen LogP contribution in [0.4, 0.5) is 5.69 Å². The van der Waals surface area contributed by atoms with E-state index < -0.39 is 0 Å². The van der Waals surface area contributed by atoms with Crippen molar-refractivity contribution in [1.29, 1.82) is 0 Å². The third kappa shape index (κ3) is 3.50. The molecule has 1 N–H and O–H groups in total. The van der Waals surface area contributed by atoms with Crippen LogP contribution in [0.1, 0.15) is 29.5 Å². The molecule has 5 nitrogen and oxygen atoms in total. The highest BCUT2D eigenvalue weighted by Crippen LogP contribution is 2.40. The summed E-state index contributed by atoms with van der Waals surface area (Å²) in [6, 6.07) is 11.7. The van der Waals surface area contributed by atoms with Crippen molar-refractivity contribution >= 4 is 23.7 Å². The lowest BCUT2D eigenvalue weighted by Gasteiger charge is -2.21. The van der Waals surface area contributed by atoms with Crippen LogP contribution < -0.4 is 9.64 Å². The minimum atomic E-state index is 0.00540. The highest BCUT2D eigenvalue weighted by molar-refractivity contribution is 5.96. The summed E-state index contributed by atoms with van der Waals surface area (Å²) in [5.74, 6) is 0.817. The van der Waals surface area contributed by atoms with E-state index in [9.17, 15) is 9.90 Å². The van der Waals surface area contributed by atoms with Gasteiger partial charge in [-0.25, -0.2) is 0 Å². The first-order valence-electron chi connectivity index (χ1n) is 9.54. The van der Waals surface area contributed by atoms with Crippen LogP contribution in [0.25, 0.3) is 12.2 Å². The van der Waals surface area contributed by atoms with Gasteiger partial charge in [-0.05, 0) is 54.3 Å². The van der Waals surface area contributed by atoms with E-state index in [4.69, 9.17) is 9.47 Å². The number of rotatable bonds is 4. The molecule has 146 valence electrons. The fourth-order valence-corrected chi connectivity index (χ4v) is 4.03. The zero-order chi connectivity index (χ0) is 19.7. The van der Waals surface area contributed by atoms with Gasteiger partial charge < -0.3 is 19.5 Å². The number of phenols is 1. The third-order valence-electron chi connectivity index (χ3n) is 5.69. The maximum absolute atomic E-state index is 12.5. The maximum Gasteiger partial charge on any atom is 0.227 e. The molecule has 2 saturated heterocycles. The standard InChI is InChI=1S/C23H25NO4/c1-16-11-18(12-20(27-2)22(16)26)4-3-17-5-7-19(8-6-17)24-14-23(13-21(24)25)9-10-28-15-23/h3-8,11-12,26H,9-10,13-15H2,1-2H3/b4-3+. The second-order valence-corrected chi connectivity index (χ2v) is 7.77. The fraction of sp³-hybridized carbons (Fsp3) is 0.348. The molecule has 2 aliphatic heterocycles. The van der Waals surface area contributed by atoms with Crippen LogP contribution in [0.15, 0.2) is 36.4 Å². The lowest BCUT2D eigenvalue weighted by Crippen LogP contribution is -2.28. The predicted molar refractivity (Wildman–Crippen MR) is 110 cm³/mol. The molecule has 2 aliphatic rings. The van der Waals surface area contributed by atoms with Gasteiger partial charge in [-0.15, -0.1) is 0 Å². The number of aromatic hydroxyl groups is 1. The summed E-state index contributed by atoms with van der Waals surface area (Å²) in [7, 11) is 1.54. The second kappa shape index (κ2) is 7.32. The van der Waals surface area contributed by atoms with Crippen molar-refractivity contribution in [3.8, 4) is 11.5 Å². The van der Waals surface area contributed by atoms with Crippen molar-refractivity contribution in [2.75, 3.05) is 31.8 Å². The van der Waals surface area contributed by atoms with Crippen LogP contribution in [0.2, 0.25) is 0 Å². The van der Waals surface area contributed by atoms with Crippen LogP contribution in [-0.4, -0.2) is 37.9 Å². The molecule has 5 heteroatoms. The summed E-state index contributed by atoms with van der Waals surface area (Å²) < 4.78 is 10.7. The molecular weight excluding hydrogens is 354 g/mol. The number of nitrogens with zero attached hydrogens (tertiary/aromatic N) is 1. The molecule has 1 spiro atoms. The summed E-state index contributed by atoms with van der Waals surface area (Å²) in [5, 5.41) is 9.95. The minimum Gasteiger partial charge on any atom is -0.504 e. The van der Waals surface area contributed by atoms with Crippen LogP contribution >= 0.6 is 0 Å². The van der Waals surface area contributed by atoms with Gasteiger partial charge in [0.05, 0.1) is 13.7 Å². The molecule has 1 amide bonds. The van der Waals surface area contributed by atoms with E-state index >= 15 is 0 Å². The van der Waals surface area contributed by atoms with Gasteiger partial charge in [0.25, 0.3) is 0 Å². The van der Waals surface area contributed by atoms with E-state index in [0.29, 0.717) is 18.8 Å². The number of carbonyl (C=O) groups is 1. The molecule has 1 unspecified atom stereocenters. The number of hydrogen-bond donors (Lipinski definition) is 1. The number of hydrogen-bond acceptors (Lipinski definition) is 4. The van der Waals surface area contributed by atoms with Crippen molar-refractivity contribution < 1.29 is 19.4 Å². The number of amides is 1. The number of methoxy groups -OCH3 is 1. The summed E-state index contributed by atoms with van der Waals surface area (Å²) in [6.45, 7) is 4.03. The first-order valence-corrected chi connectivity index (χ1v) is 9.54. The summed E-state index contributed by atoms with van der Waals surface area (Å²) >= 11 is 0. The first kappa shape index (κ1) is 18.6. The molecule has 0 aromatic heterocycles. The molecule has 0 bridgehead atoms. The molecule has 0 saturated carbocycles. The number of carbonyl (C=O) groups excluding carboxylic acids is 1. The van der Waals surface area contributed by atoms with Crippen molar-refractivity contribution in [2.24, 2.45) is 5.41 Å². The Kier molecular flexibility index (Phi) is 4.85. The van der Waals surface area contributed by atoms with Crippen molar-refractivity contribution in [3.05, 3.63) is 53.1 Å². The molecule has 2 aromatic carbocycles. The normalized spacial score (nSPS) is 21.9. The van der Waals surface area contributed by atoms with Crippen molar-refractivity contribution in [2.45, 2.75) is 19.8 Å². The van der Waals surface area contributed by atoms with Crippen LogP contribution in [0.5, 0.6) is 11.5 Å². The third-order valence-corrected chi connectivity index (χ3v) is 5.69. The van der Waals surface area contributed by atoms with Gasteiger partial charge in [0, 0.05) is 30.7 Å². The lowest BCUT2D eigenvalue weighted by atomic mass is 9.86. The Morgan fingerprint density at radius 2 is 1.93 bits per heavy atom. The van der Waals surface area contributed by atoms with E-state index in [0.717, 1.165) is 42.0 Å². The Hall–Kier alpha value is -2.79. The van der Waals surface area contributed by atoms with Gasteiger partial charge in [-0.3, -0.25) is 4.79 Å². The van der Waals surface area contributed by atoms with Gasteiger partial charge in [-0.2, -0.15) is 0 Å². The first-order chi connectivity index (χ1) is 13.5. The lowest BCUT2D eigenvalue weighted by molar-refractivity contribution is -0.117. The van der Waals surface area contributed by atoms with E-state index in [-0.39, 0.29) is 17.1 Å². The Balaban J connectivity index is 1.49. The molecule has 4 rings (SSSR count). The Morgan fingerprint density at radius 3 is 2.61 bits per heavy atom. The maximum atomic E-state index is 12.5. The van der Waals surface area contributed by atoms with Crippen molar-refractivity contribution in [1.82, 2.24) is 0 Å². The van der Waals surface area contributed by atoms with Crippen LogP contribution in [0, 0.1) is 12.3 Å². The molecule has 2 aromatic rings. The van der Waals surface area contributed by atoms with Crippen LogP contribution in [-0.2, 0) is 9.53 Å². The van der Waals surface area contributed by atoms with Crippen LogP contribution in [0.3, 0.4) is 0 Å². The zero-order valence-corrected chi connectivity index (χ0v) is 16.3. The molecule has 1 atom stereocenters. The largest absolute Gasteiger partial charge is 0.504 e. The molecular formula is C23H25NO4. The number of phenolic OH excluding ortho intramolecular Hbond substituents is 1. The molecule has 28 heavy (non-hydrogen) atoms.